The summed E-state index contributed by atoms with van der Waals surface area (Å²) in [6, 6.07) is 15.2. The molecule has 3 aromatic rings. The maximum Gasteiger partial charge on any atom is 0.231 e. The Morgan fingerprint density at radius 3 is 2.65 bits per heavy atom. The Morgan fingerprint density at radius 2 is 1.92 bits per heavy atom. The molecule has 26 heavy (non-hydrogen) atoms. The summed E-state index contributed by atoms with van der Waals surface area (Å²) < 4.78 is 0. The van der Waals surface area contributed by atoms with E-state index in [1.54, 1.807) is 0 Å². The van der Waals surface area contributed by atoms with Crippen LogP contribution in [0, 0.1) is 6.92 Å². The first-order valence-corrected chi connectivity index (χ1v) is 8.59. The normalized spacial score (nSPS) is 11.9. The van der Waals surface area contributed by atoms with Gasteiger partial charge in [-0.15, -0.1) is 0 Å². The molecular formula is C20H22N4O2. The molecule has 0 bridgehead atoms. The molecule has 1 aromatic heterocycles. The van der Waals surface area contributed by atoms with E-state index in [2.05, 4.69) is 20.8 Å². The van der Waals surface area contributed by atoms with Crippen LogP contribution in [0.4, 0.5) is 5.69 Å². The lowest BCUT2D eigenvalue weighted by Crippen LogP contribution is -2.27. The Morgan fingerprint density at radius 1 is 1.15 bits per heavy atom. The van der Waals surface area contributed by atoms with E-state index in [9.17, 15) is 9.59 Å². The van der Waals surface area contributed by atoms with Crippen molar-refractivity contribution in [2.45, 2.75) is 26.2 Å². The van der Waals surface area contributed by atoms with Gasteiger partial charge in [0.05, 0.1) is 11.4 Å². The first-order valence-electron chi connectivity index (χ1n) is 8.59. The van der Waals surface area contributed by atoms with Gasteiger partial charge in [-0.05, 0) is 37.1 Å². The lowest BCUT2D eigenvalue weighted by atomic mass is 9.94. The number of amides is 2. The molecule has 134 valence electrons. The predicted molar refractivity (Wildman–Crippen MR) is 102 cm³/mol. The van der Waals surface area contributed by atoms with Crippen LogP contribution in [0.2, 0.25) is 0 Å². The van der Waals surface area contributed by atoms with Crippen LogP contribution in [0.1, 0.15) is 30.5 Å². The Hall–Kier alpha value is -3.15. The van der Waals surface area contributed by atoms with Crippen molar-refractivity contribution in [3.63, 3.8) is 0 Å². The molecule has 0 aliphatic carbocycles. The van der Waals surface area contributed by atoms with Crippen molar-refractivity contribution in [3.8, 4) is 0 Å². The van der Waals surface area contributed by atoms with Crippen LogP contribution in [-0.2, 0) is 9.59 Å². The van der Waals surface area contributed by atoms with E-state index in [-0.39, 0.29) is 17.7 Å². The minimum absolute atomic E-state index is 0.0953. The number of aromatic amines is 1. The number of carbonyl (C=O) groups excluding carboxylic acids is 2. The number of hydrogen-bond donors (Lipinski definition) is 3. The molecule has 0 radical (unpaired) electrons. The molecular weight excluding hydrogens is 328 g/mol. The van der Waals surface area contributed by atoms with Gasteiger partial charge < -0.3 is 10.6 Å². The van der Waals surface area contributed by atoms with Gasteiger partial charge in [0.15, 0.2) is 0 Å². The van der Waals surface area contributed by atoms with Crippen LogP contribution in [0.25, 0.3) is 10.9 Å². The number of rotatable bonds is 6. The molecule has 3 N–H and O–H groups in total. The average Bonchev–Trinajstić information content (AvgIpc) is 3.00. The fraction of sp³-hybridized carbons (Fsp3) is 0.250. The maximum atomic E-state index is 12.9. The second-order valence-corrected chi connectivity index (χ2v) is 6.30. The summed E-state index contributed by atoms with van der Waals surface area (Å²) in [4.78, 5) is 24.0. The third kappa shape index (κ3) is 4.08. The largest absolute Gasteiger partial charge is 0.356 e. The highest BCUT2D eigenvalue weighted by Crippen LogP contribution is 2.24. The minimum atomic E-state index is -0.343. The number of benzene rings is 2. The highest BCUT2D eigenvalue weighted by molar-refractivity contribution is 5.98. The zero-order chi connectivity index (χ0) is 18.5. The van der Waals surface area contributed by atoms with E-state index < -0.39 is 0 Å². The van der Waals surface area contributed by atoms with Crippen LogP contribution in [0.5, 0.6) is 0 Å². The second kappa shape index (κ2) is 7.82. The zero-order valence-electron chi connectivity index (χ0n) is 14.9. The highest BCUT2D eigenvalue weighted by atomic mass is 16.2. The topological polar surface area (TPSA) is 86.9 Å². The Balaban J connectivity index is 1.79. The van der Waals surface area contributed by atoms with Crippen LogP contribution in [0.15, 0.2) is 48.5 Å². The van der Waals surface area contributed by atoms with Crippen molar-refractivity contribution in [2.24, 2.45) is 0 Å². The smallest absolute Gasteiger partial charge is 0.231 e. The van der Waals surface area contributed by atoms with Crippen molar-refractivity contribution in [2.75, 3.05) is 11.9 Å². The number of nitrogens with zero attached hydrogens (tertiary/aromatic N) is 1. The summed E-state index contributed by atoms with van der Waals surface area (Å²) in [7, 11) is 0. The van der Waals surface area contributed by atoms with Crippen molar-refractivity contribution >= 4 is 28.4 Å². The molecule has 1 heterocycles. The molecule has 0 saturated heterocycles. The number of aryl methyl sites for hydroxylation is 1. The van der Waals surface area contributed by atoms with Gasteiger partial charge in [0.1, 0.15) is 0 Å². The summed E-state index contributed by atoms with van der Waals surface area (Å²) in [5, 5.41) is 13.9. The van der Waals surface area contributed by atoms with E-state index in [0.29, 0.717) is 13.0 Å². The van der Waals surface area contributed by atoms with Crippen LogP contribution < -0.4 is 10.6 Å². The molecule has 6 nitrogen and oxygen atoms in total. The third-order valence-corrected chi connectivity index (χ3v) is 4.34. The van der Waals surface area contributed by atoms with E-state index in [4.69, 9.17) is 0 Å². The molecule has 0 aliphatic rings. The molecule has 0 spiro atoms. The van der Waals surface area contributed by atoms with Gasteiger partial charge in [0, 0.05) is 30.2 Å². The number of aromatic nitrogens is 2. The van der Waals surface area contributed by atoms with Crippen molar-refractivity contribution in [1.82, 2.24) is 15.5 Å². The Kier molecular flexibility index (Phi) is 5.31. The zero-order valence-corrected chi connectivity index (χ0v) is 14.9. The van der Waals surface area contributed by atoms with Crippen LogP contribution in [-0.4, -0.2) is 28.6 Å². The quantitative estimate of drug-likeness (QED) is 0.638. The SMILES string of the molecule is CC(=O)NCCC(C(=O)Nc1ccc2n[nH]c(C)c2c1)c1ccccc1. The average molecular weight is 350 g/mol. The molecule has 2 aromatic carbocycles. The minimum Gasteiger partial charge on any atom is -0.356 e. The van der Waals surface area contributed by atoms with Gasteiger partial charge in [-0.1, -0.05) is 30.3 Å². The summed E-state index contributed by atoms with van der Waals surface area (Å²) >= 11 is 0. The number of hydrogen-bond acceptors (Lipinski definition) is 3. The van der Waals surface area contributed by atoms with Gasteiger partial charge in [-0.2, -0.15) is 5.10 Å². The van der Waals surface area contributed by atoms with Crippen LogP contribution >= 0.6 is 0 Å². The van der Waals surface area contributed by atoms with Gasteiger partial charge in [0.2, 0.25) is 11.8 Å². The summed E-state index contributed by atoms with van der Waals surface area (Å²) in [6.07, 6.45) is 0.530. The highest BCUT2D eigenvalue weighted by Gasteiger charge is 2.20. The first kappa shape index (κ1) is 17.7. The van der Waals surface area contributed by atoms with Crippen molar-refractivity contribution in [3.05, 3.63) is 59.8 Å². The summed E-state index contributed by atoms with van der Waals surface area (Å²) in [5.41, 5.74) is 3.48. The third-order valence-electron chi connectivity index (χ3n) is 4.34. The number of anilines is 1. The number of nitrogens with one attached hydrogen (secondary N) is 3. The fourth-order valence-electron chi connectivity index (χ4n) is 2.97. The number of H-pyrrole nitrogens is 1. The maximum absolute atomic E-state index is 12.9. The molecule has 6 heteroatoms. The lowest BCUT2D eigenvalue weighted by Gasteiger charge is -2.17. The molecule has 0 fully saturated rings. The van der Waals surface area contributed by atoms with E-state index in [1.807, 2.05) is 55.5 Å². The number of fused-ring (bicyclic) bond motifs is 1. The van der Waals surface area contributed by atoms with Gasteiger partial charge in [-0.3, -0.25) is 14.7 Å². The van der Waals surface area contributed by atoms with Crippen LogP contribution in [0.3, 0.4) is 0 Å². The fourth-order valence-corrected chi connectivity index (χ4v) is 2.97. The molecule has 1 unspecified atom stereocenters. The van der Waals surface area contributed by atoms with E-state index in [0.717, 1.165) is 27.8 Å². The molecule has 0 saturated carbocycles. The predicted octanol–water partition coefficient (Wildman–Crippen LogP) is 3.12. The lowest BCUT2D eigenvalue weighted by molar-refractivity contribution is -0.120. The van der Waals surface area contributed by atoms with Crippen molar-refractivity contribution < 1.29 is 9.59 Å². The van der Waals surface area contributed by atoms with Gasteiger partial charge >= 0.3 is 0 Å². The molecule has 0 aliphatic heterocycles. The number of carbonyl (C=O) groups is 2. The molecule has 2 amide bonds. The Bertz CT molecular complexity index is 918. The van der Waals surface area contributed by atoms with Gasteiger partial charge in [0.25, 0.3) is 0 Å². The summed E-state index contributed by atoms with van der Waals surface area (Å²) in [6.45, 7) is 3.86. The van der Waals surface area contributed by atoms with Gasteiger partial charge in [-0.25, -0.2) is 0 Å². The summed E-state index contributed by atoms with van der Waals surface area (Å²) in [5.74, 6) is -0.538. The monoisotopic (exact) mass is 350 g/mol. The second-order valence-electron chi connectivity index (χ2n) is 6.30. The Labute approximate surface area is 152 Å². The van der Waals surface area contributed by atoms with E-state index >= 15 is 0 Å². The molecule has 3 rings (SSSR count). The molecule has 1 atom stereocenters. The standard InChI is InChI=1S/C20H22N4O2/c1-13-18-12-16(8-9-19(18)24-23-13)22-20(26)17(10-11-21-14(2)25)15-6-4-3-5-7-15/h3-9,12,17H,10-11H2,1-2H3,(H,21,25)(H,22,26)(H,23,24). The van der Waals surface area contributed by atoms with Crippen molar-refractivity contribution in [1.29, 1.82) is 0 Å². The van der Waals surface area contributed by atoms with E-state index in [1.165, 1.54) is 6.92 Å². The first-order chi connectivity index (χ1) is 12.5.